The molecule has 96 valence electrons. The summed E-state index contributed by atoms with van der Waals surface area (Å²) >= 11 is 0. The highest BCUT2D eigenvalue weighted by atomic mass is 16.1. The first-order chi connectivity index (χ1) is 8.68. The minimum absolute atomic E-state index is 0.250. The molecule has 1 amide bonds. The molecule has 0 aliphatic rings. The molecule has 2 aromatic rings. The number of nitrogens with one attached hydrogen (secondary N) is 1. The highest BCUT2D eigenvalue weighted by Gasteiger charge is 2.06. The number of para-hydroxylation sites is 1. The first-order valence-corrected chi connectivity index (χ1v) is 6.08. The van der Waals surface area contributed by atoms with E-state index in [2.05, 4.69) is 22.5 Å². The Labute approximate surface area is 106 Å². The second-order valence-electron chi connectivity index (χ2n) is 4.33. The van der Waals surface area contributed by atoms with Gasteiger partial charge in [-0.15, -0.1) is 0 Å². The lowest BCUT2D eigenvalue weighted by Crippen LogP contribution is -2.18. The maximum atomic E-state index is 10.6. The summed E-state index contributed by atoms with van der Waals surface area (Å²) in [5.74, 6) is -0.250. The first kappa shape index (κ1) is 12.6. The molecule has 0 bridgehead atoms. The molecule has 18 heavy (non-hydrogen) atoms. The van der Waals surface area contributed by atoms with E-state index in [0.717, 1.165) is 24.2 Å². The number of hydrogen-bond donors (Lipinski definition) is 2. The third-order valence-electron chi connectivity index (χ3n) is 2.90. The van der Waals surface area contributed by atoms with Gasteiger partial charge >= 0.3 is 0 Å². The molecule has 0 radical (unpaired) electrons. The summed E-state index contributed by atoms with van der Waals surface area (Å²) in [6.07, 6.45) is 1.19. The zero-order valence-corrected chi connectivity index (χ0v) is 10.5. The van der Waals surface area contributed by atoms with Gasteiger partial charge in [-0.25, -0.2) is 0 Å². The molecule has 2 rings (SSSR count). The van der Waals surface area contributed by atoms with E-state index < -0.39 is 0 Å². The van der Waals surface area contributed by atoms with Crippen LogP contribution in [-0.4, -0.2) is 22.2 Å². The normalized spacial score (nSPS) is 10.9. The van der Waals surface area contributed by atoms with E-state index in [9.17, 15) is 4.79 Å². The van der Waals surface area contributed by atoms with Crippen molar-refractivity contribution in [3.05, 3.63) is 30.0 Å². The van der Waals surface area contributed by atoms with Crippen LogP contribution < -0.4 is 11.1 Å². The third kappa shape index (κ3) is 2.87. The van der Waals surface area contributed by atoms with Crippen molar-refractivity contribution >= 4 is 16.8 Å². The van der Waals surface area contributed by atoms with E-state index in [1.807, 2.05) is 23.9 Å². The molecule has 0 aliphatic carbocycles. The maximum absolute atomic E-state index is 10.6. The number of fused-ring (bicyclic) bond motifs is 1. The van der Waals surface area contributed by atoms with Crippen LogP contribution in [0.5, 0.6) is 0 Å². The van der Waals surface area contributed by atoms with Crippen LogP contribution in [0.25, 0.3) is 10.9 Å². The van der Waals surface area contributed by atoms with Crippen LogP contribution in [0.15, 0.2) is 24.3 Å². The zero-order valence-electron chi connectivity index (χ0n) is 10.5. The second kappa shape index (κ2) is 5.64. The number of benzene rings is 1. The number of hydrogen-bond acceptors (Lipinski definition) is 3. The standard InChI is InChI=1S/C13H18N4O/c1-17-12-6-3-2-5-10(12)11(16-17)9-15-8-4-7-13(14)18/h2-3,5-6,15H,4,7-9H2,1H3,(H2,14,18). The molecule has 1 heterocycles. The van der Waals surface area contributed by atoms with Crippen molar-refractivity contribution in [2.45, 2.75) is 19.4 Å². The second-order valence-corrected chi connectivity index (χ2v) is 4.33. The molecule has 0 spiro atoms. The number of aryl methyl sites for hydroxylation is 1. The molecule has 0 saturated heterocycles. The van der Waals surface area contributed by atoms with Gasteiger partial charge in [0.2, 0.25) is 5.91 Å². The summed E-state index contributed by atoms with van der Waals surface area (Å²) in [4.78, 5) is 10.6. The molecule has 3 N–H and O–H groups in total. The minimum atomic E-state index is -0.250. The maximum Gasteiger partial charge on any atom is 0.217 e. The fourth-order valence-corrected chi connectivity index (χ4v) is 2.01. The van der Waals surface area contributed by atoms with Gasteiger partial charge in [0.25, 0.3) is 0 Å². The van der Waals surface area contributed by atoms with Crippen LogP contribution in [0.2, 0.25) is 0 Å². The lowest BCUT2D eigenvalue weighted by molar-refractivity contribution is -0.118. The van der Waals surface area contributed by atoms with Crippen LogP contribution in [0, 0.1) is 0 Å². The van der Waals surface area contributed by atoms with E-state index in [1.165, 1.54) is 5.39 Å². The van der Waals surface area contributed by atoms with Gasteiger partial charge in [-0.2, -0.15) is 5.10 Å². The molecule has 1 aromatic heterocycles. The summed E-state index contributed by atoms with van der Waals surface area (Å²) in [5, 5.41) is 8.93. The number of carbonyl (C=O) groups is 1. The number of primary amides is 1. The monoisotopic (exact) mass is 246 g/mol. The molecule has 5 heteroatoms. The van der Waals surface area contributed by atoms with Gasteiger partial charge in [-0.05, 0) is 19.0 Å². The molecular weight excluding hydrogens is 228 g/mol. The topological polar surface area (TPSA) is 72.9 Å². The largest absolute Gasteiger partial charge is 0.370 e. The van der Waals surface area contributed by atoms with E-state index in [-0.39, 0.29) is 5.91 Å². The van der Waals surface area contributed by atoms with Gasteiger partial charge < -0.3 is 11.1 Å². The molecule has 0 atom stereocenters. The average Bonchev–Trinajstić information content (AvgIpc) is 2.66. The van der Waals surface area contributed by atoms with Gasteiger partial charge in [0.1, 0.15) is 0 Å². The Morgan fingerprint density at radius 2 is 2.22 bits per heavy atom. The summed E-state index contributed by atoms with van der Waals surface area (Å²) in [7, 11) is 1.94. The van der Waals surface area contributed by atoms with Gasteiger partial charge in [0, 0.05) is 25.4 Å². The summed E-state index contributed by atoms with van der Waals surface area (Å²) in [6, 6.07) is 8.15. The van der Waals surface area contributed by atoms with E-state index >= 15 is 0 Å². The average molecular weight is 246 g/mol. The van der Waals surface area contributed by atoms with Crippen molar-refractivity contribution in [2.75, 3.05) is 6.54 Å². The Hall–Kier alpha value is -1.88. The Morgan fingerprint density at radius 3 is 3.00 bits per heavy atom. The summed E-state index contributed by atoms with van der Waals surface area (Å²) in [6.45, 7) is 1.48. The first-order valence-electron chi connectivity index (χ1n) is 6.08. The van der Waals surface area contributed by atoms with Gasteiger partial charge in [0.15, 0.2) is 0 Å². The Balaban J connectivity index is 1.94. The zero-order chi connectivity index (χ0) is 13.0. The summed E-state index contributed by atoms with van der Waals surface area (Å²) in [5.41, 5.74) is 7.25. The van der Waals surface area contributed by atoms with Crippen LogP contribution in [0.3, 0.4) is 0 Å². The fourth-order valence-electron chi connectivity index (χ4n) is 2.01. The number of nitrogens with two attached hydrogens (primary N) is 1. The van der Waals surface area contributed by atoms with Crippen LogP contribution >= 0.6 is 0 Å². The van der Waals surface area contributed by atoms with Crippen molar-refractivity contribution in [3.63, 3.8) is 0 Å². The highest BCUT2D eigenvalue weighted by molar-refractivity contribution is 5.81. The van der Waals surface area contributed by atoms with Crippen molar-refractivity contribution in [1.29, 1.82) is 0 Å². The smallest absolute Gasteiger partial charge is 0.217 e. The number of rotatable bonds is 6. The highest BCUT2D eigenvalue weighted by Crippen LogP contribution is 2.16. The summed E-state index contributed by atoms with van der Waals surface area (Å²) < 4.78 is 1.88. The molecule has 1 aromatic carbocycles. The van der Waals surface area contributed by atoms with Crippen LogP contribution in [0.4, 0.5) is 0 Å². The van der Waals surface area contributed by atoms with Gasteiger partial charge in [0.05, 0.1) is 11.2 Å². The molecule has 0 unspecified atom stereocenters. The third-order valence-corrected chi connectivity index (χ3v) is 2.90. The molecule has 0 aliphatic heterocycles. The Morgan fingerprint density at radius 1 is 1.44 bits per heavy atom. The predicted molar refractivity (Wildman–Crippen MR) is 70.8 cm³/mol. The van der Waals surface area contributed by atoms with Crippen LogP contribution in [0.1, 0.15) is 18.5 Å². The Bertz CT molecular complexity index is 547. The van der Waals surface area contributed by atoms with Crippen molar-refractivity contribution in [2.24, 2.45) is 12.8 Å². The number of carbonyl (C=O) groups excluding carboxylic acids is 1. The Kier molecular flexibility index (Phi) is 3.94. The number of aromatic nitrogens is 2. The minimum Gasteiger partial charge on any atom is -0.370 e. The predicted octanol–water partition coefficient (Wildman–Crippen LogP) is 0.928. The number of nitrogens with zero attached hydrogens (tertiary/aromatic N) is 2. The van der Waals surface area contributed by atoms with Crippen LogP contribution in [-0.2, 0) is 18.4 Å². The van der Waals surface area contributed by atoms with Gasteiger partial charge in [-0.1, -0.05) is 18.2 Å². The molecule has 0 fully saturated rings. The van der Waals surface area contributed by atoms with Crippen molar-refractivity contribution < 1.29 is 4.79 Å². The number of amides is 1. The fraction of sp³-hybridized carbons (Fsp3) is 0.385. The van der Waals surface area contributed by atoms with Gasteiger partial charge in [-0.3, -0.25) is 9.48 Å². The lowest BCUT2D eigenvalue weighted by atomic mass is 10.2. The van der Waals surface area contributed by atoms with E-state index in [1.54, 1.807) is 0 Å². The van der Waals surface area contributed by atoms with Crippen molar-refractivity contribution in [3.8, 4) is 0 Å². The van der Waals surface area contributed by atoms with Crippen molar-refractivity contribution in [1.82, 2.24) is 15.1 Å². The quantitative estimate of drug-likeness (QED) is 0.745. The molecule has 5 nitrogen and oxygen atoms in total. The van der Waals surface area contributed by atoms with E-state index in [4.69, 9.17) is 5.73 Å². The van der Waals surface area contributed by atoms with E-state index in [0.29, 0.717) is 13.0 Å². The molecule has 0 saturated carbocycles. The lowest BCUT2D eigenvalue weighted by Gasteiger charge is -2.01. The SMILES string of the molecule is Cn1nc(CNCCCC(N)=O)c2ccccc21. The molecular formula is C13H18N4O.